The van der Waals surface area contributed by atoms with Crippen LogP contribution in [0.1, 0.15) is 30.5 Å². The summed E-state index contributed by atoms with van der Waals surface area (Å²) in [5.74, 6) is -0.771. The molecule has 0 bridgehead atoms. The number of sulfonamides is 1. The van der Waals surface area contributed by atoms with E-state index < -0.39 is 15.9 Å². The Labute approximate surface area is 206 Å². The number of nitrogens with one attached hydrogen (secondary N) is 1. The maximum atomic E-state index is 13.1. The van der Waals surface area contributed by atoms with Gasteiger partial charge in [0.15, 0.2) is 0 Å². The Morgan fingerprint density at radius 2 is 1.71 bits per heavy atom. The van der Waals surface area contributed by atoms with Crippen LogP contribution in [-0.2, 0) is 28.3 Å². The Morgan fingerprint density at radius 1 is 1.06 bits per heavy atom. The number of amides is 1. The van der Waals surface area contributed by atoms with Crippen LogP contribution in [0.3, 0.4) is 0 Å². The molecule has 1 aromatic heterocycles. The molecule has 186 valence electrons. The molecule has 1 aliphatic heterocycles. The maximum Gasteiger partial charge on any atom is 0.295 e. The first-order valence-corrected chi connectivity index (χ1v) is 13.6. The first kappa shape index (κ1) is 24.9. The minimum Gasteiger partial charge on any atom is -0.320 e. The second-order valence-corrected chi connectivity index (χ2v) is 11.1. The maximum absolute atomic E-state index is 13.1. The quantitative estimate of drug-likeness (QED) is 0.519. The Kier molecular flexibility index (Phi) is 7.57. The molecular formula is C26H32N4O4S. The molecular weight excluding hydrogens is 464 g/mol. The zero-order valence-corrected chi connectivity index (χ0v) is 21.0. The molecule has 3 aromatic rings. The van der Waals surface area contributed by atoms with Crippen LogP contribution >= 0.6 is 0 Å². The number of piperidine rings is 1. The lowest BCUT2D eigenvalue weighted by atomic mass is 9.99. The van der Waals surface area contributed by atoms with E-state index in [0.29, 0.717) is 43.6 Å². The smallest absolute Gasteiger partial charge is 0.295 e. The summed E-state index contributed by atoms with van der Waals surface area (Å²) in [6.07, 6.45) is 2.42. The standard InChI is InChI=1S/C26H32N4O4S/c1-20-24(26(32)30(28(20)2)23-15-7-4-8-16-23)27-25(31)22-14-9-17-29(19-22)35(33,34)18-10-13-21-11-5-3-6-12-21/h3-8,11-12,15-16,22H,9-10,13-14,17-19H2,1-2H3,(H,27,31)/t22-/m0/s1. The SMILES string of the molecule is Cc1c(NC(=O)[C@H]2CCCN(S(=O)(=O)CCCc3ccccc3)C2)c(=O)n(-c2ccccc2)n1C. The average molecular weight is 497 g/mol. The summed E-state index contributed by atoms with van der Waals surface area (Å²) in [4.78, 5) is 26.2. The molecule has 8 nitrogen and oxygen atoms in total. The number of aryl methyl sites for hydroxylation is 1. The van der Waals surface area contributed by atoms with Gasteiger partial charge in [-0.25, -0.2) is 17.4 Å². The predicted molar refractivity (Wildman–Crippen MR) is 137 cm³/mol. The van der Waals surface area contributed by atoms with E-state index in [0.717, 1.165) is 5.56 Å². The van der Waals surface area contributed by atoms with Crippen LogP contribution in [0.5, 0.6) is 0 Å². The molecule has 0 saturated carbocycles. The first-order valence-electron chi connectivity index (χ1n) is 11.9. The third-order valence-corrected chi connectivity index (χ3v) is 8.58. The van der Waals surface area contributed by atoms with Crippen molar-refractivity contribution in [3.05, 3.63) is 82.3 Å². The fourth-order valence-electron chi connectivity index (χ4n) is 4.58. The van der Waals surface area contributed by atoms with Crippen LogP contribution in [0.25, 0.3) is 5.69 Å². The highest BCUT2D eigenvalue weighted by molar-refractivity contribution is 7.89. The van der Waals surface area contributed by atoms with Crippen molar-refractivity contribution in [1.29, 1.82) is 0 Å². The van der Waals surface area contributed by atoms with Gasteiger partial charge in [-0.1, -0.05) is 48.5 Å². The third kappa shape index (κ3) is 5.57. The van der Waals surface area contributed by atoms with Crippen LogP contribution in [0.15, 0.2) is 65.5 Å². The van der Waals surface area contributed by atoms with Gasteiger partial charge in [-0.2, -0.15) is 0 Å². The topological polar surface area (TPSA) is 93.4 Å². The Bertz CT molecular complexity index is 1330. The Hall–Kier alpha value is -3.17. The number of carbonyl (C=O) groups excluding carboxylic acids is 1. The molecule has 1 saturated heterocycles. The van der Waals surface area contributed by atoms with Crippen molar-refractivity contribution < 1.29 is 13.2 Å². The Balaban J connectivity index is 1.42. The van der Waals surface area contributed by atoms with Gasteiger partial charge < -0.3 is 5.32 Å². The third-order valence-electron chi connectivity index (χ3n) is 6.66. The molecule has 0 radical (unpaired) electrons. The molecule has 9 heteroatoms. The number of carbonyl (C=O) groups is 1. The van der Waals surface area contributed by atoms with Gasteiger partial charge in [0.25, 0.3) is 5.56 Å². The predicted octanol–water partition coefficient (Wildman–Crippen LogP) is 3.10. The van der Waals surface area contributed by atoms with E-state index in [1.165, 1.54) is 8.99 Å². The number of hydrogen-bond acceptors (Lipinski definition) is 4. The van der Waals surface area contributed by atoms with E-state index in [2.05, 4.69) is 5.32 Å². The largest absolute Gasteiger partial charge is 0.320 e. The van der Waals surface area contributed by atoms with Gasteiger partial charge in [0, 0.05) is 20.1 Å². The van der Waals surface area contributed by atoms with E-state index >= 15 is 0 Å². The van der Waals surface area contributed by atoms with Gasteiger partial charge in [-0.15, -0.1) is 0 Å². The summed E-state index contributed by atoms with van der Waals surface area (Å²) in [6.45, 7) is 2.34. The molecule has 0 unspecified atom stereocenters. The summed E-state index contributed by atoms with van der Waals surface area (Å²) in [5.41, 5.74) is 2.36. The summed E-state index contributed by atoms with van der Waals surface area (Å²) < 4.78 is 30.6. The summed E-state index contributed by atoms with van der Waals surface area (Å²) in [5, 5.41) is 2.80. The molecule has 0 spiro atoms. The van der Waals surface area contributed by atoms with Crippen LogP contribution < -0.4 is 10.9 Å². The second kappa shape index (κ2) is 10.6. The zero-order valence-electron chi connectivity index (χ0n) is 20.2. The number of benzene rings is 2. The van der Waals surface area contributed by atoms with Crippen LogP contribution in [0.2, 0.25) is 0 Å². The van der Waals surface area contributed by atoms with Crippen molar-refractivity contribution in [2.45, 2.75) is 32.6 Å². The van der Waals surface area contributed by atoms with Gasteiger partial charge in [0.1, 0.15) is 5.69 Å². The minimum atomic E-state index is -3.46. The molecule has 1 N–H and O–H groups in total. The van der Waals surface area contributed by atoms with E-state index in [-0.39, 0.29) is 29.5 Å². The Morgan fingerprint density at radius 3 is 2.40 bits per heavy atom. The van der Waals surface area contributed by atoms with Crippen molar-refractivity contribution in [1.82, 2.24) is 13.7 Å². The lowest BCUT2D eigenvalue weighted by Crippen LogP contribution is -2.44. The van der Waals surface area contributed by atoms with Crippen LogP contribution in [0.4, 0.5) is 5.69 Å². The highest BCUT2D eigenvalue weighted by atomic mass is 32.2. The lowest BCUT2D eigenvalue weighted by Gasteiger charge is -2.31. The lowest BCUT2D eigenvalue weighted by molar-refractivity contribution is -0.120. The van der Waals surface area contributed by atoms with E-state index in [1.54, 1.807) is 18.7 Å². The second-order valence-electron chi connectivity index (χ2n) is 9.03. The molecule has 2 aromatic carbocycles. The number of rotatable bonds is 8. The van der Waals surface area contributed by atoms with E-state index in [9.17, 15) is 18.0 Å². The molecule has 35 heavy (non-hydrogen) atoms. The summed E-state index contributed by atoms with van der Waals surface area (Å²) in [7, 11) is -1.70. The van der Waals surface area contributed by atoms with E-state index in [4.69, 9.17) is 0 Å². The number of hydrogen-bond donors (Lipinski definition) is 1. The fraction of sp³-hybridized carbons (Fsp3) is 0.385. The van der Waals surface area contributed by atoms with Crippen LogP contribution in [-0.4, -0.2) is 46.8 Å². The normalized spacial score (nSPS) is 16.8. The van der Waals surface area contributed by atoms with Crippen molar-refractivity contribution in [2.24, 2.45) is 13.0 Å². The molecule has 1 aliphatic rings. The van der Waals surface area contributed by atoms with Gasteiger partial charge in [0.05, 0.1) is 23.1 Å². The van der Waals surface area contributed by atoms with Crippen LogP contribution in [0, 0.1) is 12.8 Å². The highest BCUT2D eigenvalue weighted by Gasteiger charge is 2.33. The first-order chi connectivity index (χ1) is 16.8. The van der Waals surface area contributed by atoms with Crippen molar-refractivity contribution in [3.63, 3.8) is 0 Å². The van der Waals surface area contributed by atoms with Crippen molar-refractivity contribution >= 4 is 21.6 Å². The number of para-hydroxylation sites is 1. The molecule has 2 heterocycles. The molecule has 1 amide bonds. The molecule has 0 aliphatic carbocycles. The van der Waals surface area contributed by atoms with Gasteiger partial charge in [-0.05, 0) is 50.3 Å². The summed E-state index contributed by atoms with van der Waals surface area (Å²) >= 11 is 0. The van der Waals surface area contributed by atoms with Crippen molar-refractivity contribution in [3.8, 4) is 5.69 Å². The summed E-state index contributed by atoms with van der Waals surface area (Å²) in [6, 6.07) is 19.0. The molecule has 1 fully saturated rings. The molecule has 4 rings (SSSR count). The molecule has 1 atom stereocenters. The number of aromatic nitrogens is 2. The monoisotopic (exact) mass is 496 g/mol. The minimum absolute atomic E-state index is 0.0514. The van der Waals surface area contributed by atoms with Gasteiger partial charge in [-0.3, -0.25) is 14.3 Å². The number of nitrogens with zero attached hydrogens (tertiary/aromatic N) is 3. The highest BCUT2D eigenvalue weighted by Crippen LogP contribution is 2.23. The van der Waals surface area contributed by atoms with Gasteiger partial charge >= 0.3 is 0 Å². The van der Waals surface area contributed by atoms with Crippen molar-refractivity contribution in [2.75, 3.05) is 24.2 Å². The zero-order chi connectivity index (χ0) is 25.0. The van der Waals surface area contributed by atoms with E-state index in [1.807, 2.05) is 60.7 Å². The fourth-order valence-corrected chi connectivity index (χ4v) is 6.16. The average Bonchev–Trinajstić information content (AvgIpc) is 3.08. The number of anilines is 1. The van der Waals surface area contributed by atoms with Gasteiger partial charge in [0.2, 0.25) is 15.9 Å².